The summed E-state index contributed by atoms with van der Waals surface area (Å²) in [5, 5.41) is 10.6. The molecule has 2 heterocycles. The number of likely N-dealkylation sites (N-methyl/N-ethyl adjacent to an activating group) is 1. The van der Waals surface area contributed by atoms with Crippen molar-refractivity contribution in [1.82, 2.24) is 9.88 Å². The molecule has 5 nitrogen and oxygen atoms in total. The predicted molar refractivity (Wildman–Crippen MR) is 102 cm³/mol. The highest BCUT2D eigenvalue weighted by molar-refractivity contribution is 5.83. The summed E-state index contributed by atoms with van der Waals surface area (Å²) < 4.78 is 0. The molecule has 26 heavy (non-hydrogen) atoms. The zero-order chi connectivity index (χ0) is 18.1. The summed E-state index contributed by atoms with van der Waals surface area (Å²) in [6.07, 6.45) is 5.26. The van der Waals surface area contributed by atoms with E-state index in [9.17, 15) is 10.1 Å². The molecule has 1 unspecified atom stereocenters. The van der Waals surface area contributed by atoms with E-state index >= 15 is 0 Å². The van der Waals surface area contributed by atoms with Crippen molar-refractivity contribution in [2.24, 2.45) is 5.92 Å². The van der Waals surface area contributed by atoms with Crippen LogP contribution < -0.4 is 4.90 Å². The zero-order valence-electron chi connectivity index (χ0n) is 15.2. The van der Waals surface area contributed by atoms with Crippen molar-refractivity contribution >= 4 is 22.6 Å². The molecule has 0 spiro atoms. The number of pyridine rings is 1. The van der Waals surface area contributed by atoms with Crippen LogP contribution in [0.4, 0.5) is 5.82 Å². The highest BCUT2D eigenvalue weighted by atomic mass is 16.2. The summed E-state index contributed by atoms with van der Waals surface area (Å²) >= 11 is 0. The smallest absolute Gasteiger partial charge is 0.225 e. The van der Waals surface area contributed by atoms with E-state index < -0.39 is 0 Å². The summed E-state index contributed by atoms with van der Waals surface area (Å²) in [4.78, 5) is 21.5. The van der Waals surface area contributed by atoms with Crippen molar-refractivity contribution in [3.8, 4) is 6.07 Å². The minimum atomic E-state index is 0.191. The maximum absolute atomic E-state index is 12.6. The van der Waals surface area contributed by atoms with Gasteiger partial charge in [-0.05, 0) is 37.8 Å². The molecule has 2 fully saturated rings. The Kier molecular flexibility index (Phi) is 4.50. The second-order valence-electron chi connectivity index (χ2n) is 7.48. The second-order valence-corrected chi connectivity index (χ2v) is 7.48. The highest BCUT2D eigenvalue weighted by Crippen LogP contribution is 2.31. The van der Waals surface area contributed by atoms with Crippen LogP contribution in [0.15, 0.2) is 30.3 Å². The predicted octanol–water partition coefficient (Wildman–Crippen LogP) is 3.33. The molecule has 0 radical (unpaired) electrons. The maximum atomic E-state index is 12.6. The molecule has 2 aliphatic rings. The second kappa shape index (κ2) is 6.95. The number of aromatic nitrogens is 1. The van der Waals surface area contributed by atoms with Crippen LogP contribution in [-0.2, 0) is 4.79 Å². The molecule has 1 aliphatic heterocycles. The van der Waals surface area contributed by atoms with E-state index in [4.69, 9.17) is 4.98 Å². The number of para-hydroxylation sites is 1. The standard InChI is InChI=1S/C21H24N4O/c1-24(21(26)15-7-4-8-15)18-9-5-11-25(14-18)20-17(13-22)12-16-6-2-3-10-19(16)23-20/h2-3,6,10,12,15,18H,4-5,7-9,11,14H2,1H3. The van der Waals surface area contributed by atoms with E-state index in [0.717, 1.165) is 55.5 Å². The van der Waals surface area contributed by atoms with E-state index in [0.29, 0.717) is 5.56 Å². The normalized spacial score (nSPS) is 20.5. The quantitative estimate of drug-likeness (QED) is 0.853. The van der Waals surface area contributed by atoms with Gasteiger partial charge in [0.05, 0.1) is 11.1 Å². The van der Waals surface area contributed by atoms with Gasteiger partial charge in [0, 0.05) is 37.5 Å². The van der Waals surface area contributed by atoms with Crippen molar-refractivity contribution in [3.63, 3.8) is 0 Å². The molecular formula is C21H24N4O. The fraction of sp³-hybridized carbons (Fsp3) is 0.476. The average Bonchev–Trinajstić information content (AvgIpc) is 2.65. The number of rotatable bonds is 3. The Bertz CT molecular complexity index is 868. The molecule has 0 bridgehead atoms. The van der Waals surface area contributed by atoms with Gasteiger partial charge in [0.15, 0.2) is 0 Å². The number of nitriles is 1. The molecule has 2 aromatic rings. The summed E-state index contributed by atoms with van der Waals surface area (Å²) in [6, 6.07) is 12.3. The number of hydrogen-bond donors (Lipinski definition) is 0. The minimum Gasteiger partial charge on any atom is -0.353 e. The summed E-state index contributed by atoms with van der Waals surface area (Å²) in [7, 11) is 1.94. The fourth-order valence-electron chi connectivity index (χ4n) is 4.02. The van der Waals surface area contributed by atoms with Gasteiger partial charge in [-0.25, -0.2) is 4.98 Å². The first kappa shape index (κ1) is 16.8. The Morgan fingerprint density at radius 2 is 2.08 bits per heavy atom. The average molecular weight is 348 g/mol. The lowest BCUT2D eigenvalue weighted by atomic mass is 9.84. The van der Waals surface area contributed by atoms with Gasteiger partial charge in [0.25, 0.3) is 0 Å². The van der Waals surface area contributed by atoms with Gasteiger partial charge in [0.2, 0.25) is 5.91 Å². The SMILES string of the molecule is CN(C(=O)C1CCC1)C1CCCN(c2nc3ccccc3cc2C#N)C1. The van der Waals surface area contributed by atoms with E-state index in [1.54, 1.807) is 0 Å². The number of anilines is 1. The number of amides is 1. The largest absolute Gasteiger partial charge is 0.353 e. The Morgan fingerprint density at radius 1 is 1.27 bits per heavy atom. The Morgan fingerprint density at radius 3 is 2.81 bits per heavy atom. The summed E-state index contributed by atoms with van der Waals surface area (Å²) in [6.45, 7) is 1.62. The third-order valence-corrected chi connectivity index (χ3v) is 5.87. The van der Waals surface area contributed by atoms with Crippen molar-refractivity contribution < 1.29 is 4.79 Å². The van der Waals surface area contributed by atoms with Gasteiger partial charge in [-0.2, -0.15) is 5.26 Å². The molecule has 1 aromatic carbocycles. The number of fused-ring (bicyclic) bond motifs is 1. The van der Waals surface area contributed by atoms with Gasteiger partial charge < -0.3 is 9.80 Å². The van der Waals surface area contributed by atoms with Crippen LogP contribution in [0.3, 0.4) is 0 Å². The zero-order valence-corrected chi connectivity index (χ0v) is 15.2. The van der Waals surface area contributed by atoms with Crippen LogP contribution >= 0.6 is 0 Å². The van der Waals surface area contributed by atoms with Crippen LogP contribution in [0.1, 0.15) is 37.7 Å². The highest BCUT2D eigenvalue weighted by Gasteiger charge is 2.33. The van der Waals surface area contributed by atoms with Crippen LogP contribution in [0.25, 0.3) is 10.9 Å². The third-order valence-electron chi connectivity index (χ3n) is 5.87. The molecular weight excluding hydrogens is 324 g/mol. The van der Waals surface area contributed by atoms with Crippen LogP contribution in [0, 0.1) is 17.2 Å². The Labute approximate surface area is 154 Å². The van der Waals surface area contributed by atoms with Crippen LogP contribution in [0.2, 0.25) is 0 Å². The fourth-order valence-corrected chi connectivity index (χ4v) is 4.02. The molecule has 0 N–H and O–H groups in total. The monoisotopic (exact) mass is 348 g/mol. The lowest BCUT2D eigenvalue weighted by molar-refractivity contribution is -0.139. The van der Waals surface area contributed by atoms with Gasteiger partial charge in [-0.1, -0.05) is 24.6 Å². The van der Waals surface area contributed by atoms with Gasteiger partial charge in [0.1, 0.15) is 11.9 Å². The number of carbonyl (C=O) groups excluding carboxylic acids is 1. The lowest BCUT2D eigenvalue weighted by Gasteiger charge is -2.40. The molecule has 1 aliphatic carbocycles. The topological polar surface area (TPSA) is 60.2 Å². The maximum Gasteiger partial charge on any atom is 0.225 e. The van der Waals surface area contributed by atoms with Crippen molar-refractivity contribution in [3.05, 3.63) is 35.9 Å². The summed E-state index contributed by atoms with van der Waals surface area (Å²) in [5.74, 6) is 1.26. The number of benzene rings is 1. The molecule has 134 valence electrons. The van der Waals surface area contributed by atoms with Crippen molar-refractivity contribution in [2.45, 2.75) is 38.1 Å². The number of nitrogens with zero attached hydrogens (tertiary/aromatic N) is 4. The number of hydrogen-bond acceptors (Lipinski definition) is 4. The Hall–Kier alpha value is -2.61. The lowest BCUT2D eigenvalue weighted by Crippen LogP contribution is -2.51. The number of piperidine rings is 1. The first-order valence-electron chi connectivity index (χ1n) is 9.49. The van der Waals surface area contributed by atoms with E-state index in [2.05, 4.69) is 11.0 Å². The molecule has 1 atom stereocenters. The molecule has 5 heteroatoms. The first-order chi connectivity index (χ1) is 12.7. The molecule has 1 amide bonds. The van der Waals surface area contributed by atoms with E-state index in [1.165, 1.54) is 6.42 Å². The van der Waals surface area contributed by atoms with Gasteiger partial charge in [-0.15, -0.1) is 0 Å². The Balaban J connectivity index is 1.58. The number of carbonyl (C=O) groups is 1. The molecule has 1 saturated heterocycles. The first-order valence-corrected chi connectivity index (χ1v) is 9.49. The van der Waals surface area contributed by atoms with Gasteiger partial charge >= 0.3 is 0 Å². The summed E-state index contributed by atoms with van der Waals surface area (Å²) in [5.41, 5.74) is 1.51. The van der Waals surface area contributed by atoms with Crippen molar-refractivity contribution in [2.75, 3.05) is 25.0 Å². The van der Waals surface area contributed by atoms with Gasteiger partial charge in [-0.3, -0.25) is 4.79 Å². The van der Waals surface area contributed by atoms with E-state index in [1.807, 2.05) is 42.3 Å². The van der Waals surface area contributed by atoms with Crippen molar-refractivity contribution in [1.29, 1.82) is 5.26 Å². The third kappa shape index (κ3) is 3.01. The van der Waals surface area contributed by atoms with E-state index in [-0.39, 0.29) is 17.9 Å². The van der Waals surface area contributed by atoms with Crippen LogP contribution in [0.5, 0.6) is 0 Å². The van der Waals surface area contributed by atoms with Crippen LogP contribution in [-0.4, -0.2) is 42.0 Å². The molecule has 4 rings (SSSR count). The molecule has 1 saturated carbocycles. The minimum absolute atomic E-state index is 0.191. The molecule has 1 aromatic heterocycles.